The van der Waals surface area contributed by atoms with Crippen LogP contribution in [0, 0.1) is 0 Å². The van der Waals surface area contributed by atoms with Crippen LogP contribution in [0.3, 0.4) is 0 Å². The number of urea groups is 2. The first-order valence-electron chi connectivity index (χ1n) is 20.8. The number of anilines is 3. The van der Waals surface area contributed by atoms with Gasteiger partial charge >= 0.3 is 18.2 Å². The summed E-state index contributed by atoms with van der Waals surface area (Å²) in [6, 6.07) is 15.3. The van der Waals surface area contributed by atoms with Crippen LogP contribution in [-0.2, 0) is 22.3 Å². The molecule has 2 bridgehead atoms. The number of fused-ring (bicyclic) bond motifs is 5. The van der Waals surface area contributed by atoms with Crippen LogP contribution < -0.4 is 36.4 Å². The summed E-state index contributed by atoms with van der Waals surface area (Å²) in [7, 11) is 0. The van der Waals surface area contributed by atoms with Crippen molar-refractivity contribution in [2.75, 3.05) is 40.5 Å². The Bertz CT molecular complexity index is 2260. The van der Waals surface area contributed by atoms with E-state index < -0.39 is 17.8 Å². The second-order valence-corrected chi connectivity index (χ2v) is 17.1. The van der Waals surface area contributed by atoms with Crippen LogP contribution in [0.25, 0.3) is 16.9 Å². The van der Waals surface area contributed by atoms with Crippen LogP contribution in [0.1, 0.15) is 69.0 Å². The fraction of sp³-hybridized carbons (Fsp3) is 0.452. The third kappa shape index (κ3) is 10.0. The highest BCUT2D eigenvalue weighted by Gasteiger charge is 2.43. The first kappa shape index (κ1) is 41.9. The number of amides is 6. The standard InChI is InChI=1S/C42H48F3N11O4S/c43-42(44,45)27-9-6-8-26(20-27)32-15-16-34-39(49-32)56(31-17-19-54(34)24-31)41(60)48-28-10-7-11-30(21-28)55-23-29(52-53-55)22-47-37(58)13-2-1-5-18-46-36(57)14-4-3-12-35-38-33(25-61-35)50-40(59)51-38/h6-11,15-16,20-21,23,31,33,35,38H,1-5,12-14,17-19,22,24-25H2,(H,46,57)(H,47,58)(H,48,60)(H2,50,51,59)/t31-,33-,35?,38-/m0/s1. The summed E-state index contributed by atoms with van der Waals surface area (Å²) < 4.78 is 42.0. The van der Waals surface area contributed by atoms with E-state index >= 15 is 0 Å². The van der Waals surface area contributed by atoms with Crippen LogP contribution in [0.2, 0.25) is 0 Å². The summed E-state index contributed by atoms with van der Waals surface area (Å²) >= 11 is 1.88. The molecule has 19 heteroatoms. The molecule has 15 nitrogen and oxygen atoms in total. The van der Waals surface area contributed by atoms with Crippen molar-refractivity contribution in [2.45, 2.75) is 93.9 Å². The summed E-state index contributed by atoms with van der Waals surface area (Å²) in [6.45, 7) is 2.11. The Morgan fingerprint density at radius 2 is 1.74 bits per heavy atom. The van der Waals surface area contributed by atoms with Crippen LogP contribution in [0.5, 0.6) is 0 Å². The molecule has 6 heterocycles. The van der Waals surface area contributed by atoms with Gasteiger partial charge in [-0.2, -0.15) is 24.9 Å². The topological polar surface area (TPSA) is 179 Å². The van der Waals surface area contributed by atoms with E-state index in [1.165, 1.54) is 6.07 Å². The molecule has 0 spiro atoms. The second-order valence-electron chi connectivity index (χ2n) is 15.8. The molecule has 5 N–H and O–H groups in total. The zero-order valence-corrected chi connectivity index (χ0v) is 34.2. The minimum Gasteiger partial charge on any atom is -0.366 e. The molecule has 1 unspecified atom stereocenters. The summed E-state index contributed by atoms with van der Waals surface area (Å²) in [5, 5.41) is 23.6. The van der Waals surface area contributed by atoms with Gasteiger partial charge in [0, 0.05) is 54.7 Å². The maximum atomic E-state index is 13.9. The number of nitrogens with one attached hydrogen (secondary N) is 5. The van der Waals surface area contributed by atoms with Gasteiger partial charge in [-0.1, -0.05) is 36.3 Å². The molecule has 322 valence electrons. The molecular formula is C42H48F3N11O4S. The number of carbonyl (C=O) groups excluding carboxylic acids is 4. The van der Waals surface area contributed by atoms with Gasteiger partial charge < -0.3 is 31.5 Å². The van der Waals surface area contributed by atoms with E-state index in [0.29, 0.717) is 78.2 Å². The summed E-state index contributed by atoms with van der Waals surface area (Å²) in [6.07, 6.45) is 3.77. The quantitative estimate of drug-likeness (QED) is 0.0668. The van der Waals surface area contributed by atoms with Crippen LogP contribution in [0.4, 0.5) is 40.0 Å². The van der Waals surface area contributed by atoms with Crippen LogP contribution >= 0.6 is 11.8 Å². The zero-order valence-electron chi connectivity index (χ0n) is 33.4. The first-order chi connectivity index (χ1) is 29.5. The molecule has 61 heavy (non-hydrogen) atoms. The normalized spacial score (nSPS) is 20.1. The number of nitrogens with zero attached hydrogens (tertiary/aromatic N) is 6. The number of unbranched alkanes of at least 4 members (excludes halogenated alkanes) is 3. The summed E-state index contributed by atoms with van der Waals surface area (Å²) in [5.41, 5.74) is 2.28. The Kier molecular flexibility index (Phi) is 12.6. The molecule has 4 atom stereocenters. The molecule has 0 saturated carbocycles. The number of rotatable bonds is 16. The Balaban J connectivity index is 0.761. The lowest BCUT2D eigenvalue weighted by Crippen LogP contribution is -2.48. The van der Waals surface area contributed by atoms with Crippen molar-refractivity contribution in [1.82, 2.24) is 41.2 Å². The average molecular weight is 860 g/mol. The van der Waals surface area contributed by atoms with Crippen molar-refractivity contribution in [3.63, 3.8) is 0 Å². The largest absolute Gasteiger partial charge is 0.416 e. The highest BCUT2D eigenvalue weighted by molar-refractivity contribution is 8.00. The Morgan fingerprint density at radius 3 is 2.59 bits per heavy atom. The number of pyridine rings is 1. The fourth-order valence-corrected chi connectivity index (χ4v) is 9.90. The lowest BCUT2D eigenvalue weighted by molar-refractivity contribution is -0.137. The van der Waals surface area contributed by atoms with Gasteiger partial charge in [0.15, 0.2) is 5.82 Å². The Hall–Kier alpha value is -5.85. The monoisotopic (exact) mass is 859 g/mol. The summed E-state index contributed by atoms with van der Waals surface area (Å²) in [5.74, 6) is 1.25. The molecule has 2 aromatic heterocycles. The van der Waals surface area contributed by atoms with E-state index in [4.69, 9.17) is 4.98 Å². The predicted octanol–water partition coefficient (Wildman–Crippen LogP) is 6.00. The number of carbonyl (C=O) groups is 4. The number of hydrogen-bond donors (Lipinski definition) is 5. The van der Waals surface area contributed by atoms with Crippen molar-refractivity contribution < 1.29 is 32.3 Å². The van der Waals surface area contributed by atoms with E-state index in [-0.39, 0.29) is 42.5 Å². The van der Waals surface area contributed by atoms with Gasteiger partial charge in [0.2, 0.25) is 11.8 Å². The molecule has 4 aromatic rings. The number of halogens is 3. The van der Waals surface area contributed by atoms with E-state index in [2.05, 4.69) is 41.8 Å². The zero-order chi connectivity index (χ0) is 42.5. The van der Waals surface area contributed by atoms with E-state index in [1.54, 1.807) is 46.1 Å². The number of aromatic nitrogens is 4. The highest BCUT2D eigenvalue weighted by Crippen LogP contribution is 2.41. The van der Waals surface area contributed by atoms with Gasteiger partial charge in [-0.05, 0) is 74.6 Å². The highest BCUT2D eigenvalue weighted by atomic mass is 32.2. The third-order valence-electron chi connectivity index (χ3n) is 11.5. The first-order valence-corrected chi connectivity index (χ1v) is 21.8. The van der Waals surface area contributed by atoms with Crippen molar-refractivity contribution >= 4 is 52.8 Å². The molecule has 3 fully saturated rings. The third-order valence-corrected chi connectivity index (χ3v) is 13.0. The van der Waals surface area contributed by atoms with Gasteiger partial charge in [-0.25, -0.2) is 19.3 Å². The Labute approximate surface area is 355 Å². The number of hydrogen-bond acceptors (Lipinski definition) is 9. The second kappa shape index (κ2) is 18.4. The maximum absolute atomic E-state index is 13.9. The van der Waals surface area contributed by atoms with Gasteiger partial charge in [0.05, 0.1) is 53.5 Å². The lowest BCUT2D eigenvalue weighted by Gasteiger charge is -2.36. The van der Waals surface area contributed by atoms with E-state index in [0.717, 1.165) is 62.2 Å². The van der Waals surface area contributed by atoms with E-state index in [9.17, 15) is 32.3 Å². The molecule has 8 rings (SSSR count). The van der Waals surface area contributed by atoms with Crippen LogP contribution in [-0.4, -0.2) is 92.6 Å². The minimum atomic E-state index is -4.50. The predicted molar refractivity (Wildman–Crippen MR) is 225 cm³/mol. The van der Waals surface area contributed by atoms with Crippen molar-refractivity contribution in [3.8, 4) is 16.9 Å². The van der Waals surface area contributed by atoms with Gasteiger partial charge in [0.1, 0.15) is 5.69 Å². The van der Waals surface area contributed by atoms with Gasteiger partial charge in [-0.15, -0.1) is 5.10 Å². The van der Waals surface area contributed by atoms with Crippen molar-refractivity contribution in [3.05, 3.63) is 78.1 Å². The molecule has 4 aliphatic rings. The number of alkyl halides is 3. The molecule has 3 saturated heterocycles. The molecule has 6 amide bonds. The lowest BCUT2D eigenvalue weighted by atomic mass is 10.0. The van der Waals surface area contributed by atoms with E-state index in [1.807, 2.05) is 23.9 Å². The fourth-order valence-electron chi connectivity index (χ4n) is 8.36. The number of thioether (sulfide) groups is 1. The number of benzene rings is 2. The molecule has 4 aliphatic heterocycles. The Morgan fingerprint density at radius 1 is 0.918 bits per heavy atom. The molecule has 0 aliphatic carbocycles. The SMILES string of the molecule is O=C(CCCCC1SC[C@@H]2NC(=O)N[C@H]12)NCCCCCC(=O)NCc1cn(-c2cccc(NC(=O)N3c4nc(-c5cccc(C(F)(F)F)c5)ccc4N4CC[C@H]3C4)c2)nn1. The average Bonchev–Trinajstić information content (AvgIpc) is 4.05. The van der Waals surface area contributed by atoms with Crippen molar-refractivity contribution in [1.29, 1.82) is 0 Å². The van der Waals surface area contributed by atoms with Gasteiger partial charge in [0.25, 0.3) is 0 Å². The smallest absolute Gasteiger partial charge is 0.366 e. The minimum absolute atomic E-state index is 0.0391. The maximum Gasteiger partial charge on any atom is 0.416 e. The van der Waals surface area contributed by atoms with Gasteiger partial charge in [-0.3, -0.25) is 14.5 Å². The molecule has 2 aromatic carbocycles. The summed E-state index contributed by atoms with van der Waals surface area (Å²) in [4.78, 5) is 58.7. The van der Waals surface area contributed by atoms with Crippen LogP contribution in [0.15, 0.2) is 66.9 Å². The molecule has 0 radical (unpaired) electrons. The van der Waals surface area contributed by atoms with Crippen molar-refractivity contribution in [2.24, 2.45) is 0 Å². The molecular weight excluding hydrogens is 812 g/mol.